The number of rotatable bonds is 4. The minimum absolute atomic E-state index is 0.335. The molecular formula is C28H35N7O. The van der Waals surface area contributed by atoms with E-state index in [1.807, 2.05) is 4.52 Å². The summed E-state index contributed by atoms with van der Waals surface area (Å²) in [6, 6.07) is 6.33. The van der Waals surface area contributed by atoms with E-state index >= 15 is 0 Å². The van der Waals surface area contributed by atoms with Crippen LogP contribution in [-0.4, -0.2) is 73.9 Å². The third-order valence-electron chi connectivity index (χ3n) is 8.87. The molecule has 4 aromatic rings. The molecule has 7 rings (SSSR count). The first-order valence-electron chi connectivity index (χ1n) is 13.4. The Bertz CT molecular complexity index is 1450. The lowest BCUT2D eigenvalue weighted by atomic mass is 9.95. The van der Waals surface area contributed by atoms with Crippen molar-refractivity contribution in [2.45, 2.75) is 71.0 Å². The number of fused-ring (bicyclic) bond motifs is 4. The summed E-state index contributed by atoms with van der Waals surface area (Å²) in [5.74, 6) is 1.45. The van der Waals surface area contributed by atoms with Crippen LogP contribution >= 0.6 is 0 Å². The number of nitrogens with zero attached hydrogens (tertiary/aromatic N) is 6. The van der Waals surface area contributed by atoms with Gasteiger partial charge < -0.3 is 14.6 Å². The number of aromatic nitrogens is 5. The Labute approximate surface area is 211 Å². The molecule has 0 spiro atoms. The van der Waals surface area contributed by atoms with E-state index in [9.17, 15) is 0 Å². The molecule has 3 fully saturated rings. The van der Waals surface area contributed by atoms with Crippen LogP contribution in [-0.2, 0) is 4.74 Å². The Morgan fingerprint density at radius 1 is 1.03 bits per heavy atom. The van der Waals surface area contributed by atoms with Crippen LogP contribution in [0.2, 0.25) is 0 Å². The third-order valence-corrected chi connectivity index (χ3v) is 8.87. The molecule has 0 aromatic carbocycles. The molecule has 3 saturated heterocycles. The number of anilines is 1. The summed E-state index contributed by atoms with van der Waals surface area (Å²) in [5, 5.41) is 4.42. The van der Waals surface area contributed by atoms with Crippen molar-refractivity contribution in [1.29, 1.82) is 0 Å². The van der Waals surface area contributed by atoms with E-state index in [0.29, 0.717) is 24.0 Å². The molecule has 188 valence electrons. The van der Waals surface area contributed by atoms with Crippen molar-refractivity contribution >= 4 is 22.5 Å². The lowest BCUT2D eigenvalue weighted by Gasteiger charge is -2.40. The predicted molar refractivity (Wildman–Crippen MR) is 142 cm³/mol. The Hall–Kier alpha value is -2.97. The van der Waals surface area contributed by atoms with E-state index in [-0.39, 0.29) is 0 Å². The lowest BCUT2D eigenvalue weighted by Crippen LogP contribution is -2.52. The summed E-state index contributed by atoms with van der Waals surface area (Å²) in [5.41, 5.74) is 9.10. The number of ether oxygens (including phenoxy) is 1. The monoisotopic (exact) mass is 485 g/mol. The molecular weight excluding hydrogens is 450 g/mol. The molecule has 1 N–H and O–H groups in total. The second-order valence-corrected chi connectivity index (χ2v) is 11.2. The van der Waals surface area contributed by atoms with E-state index in [1.165, 1.54) is 36.0 Å². The van der Waals surface area contributed by atoms with Gasteiger partial charge in [-0.3, -0.25) is 4.90 Å². The zero-order valence-electron chi connectivity index (χ0n) is 21.7. The number of aryl methyl sites for hydroxylation is 1. The molecule has 4 aromatic heterocycles. The predicted octanol–water partition coefficient (Wildman–Crippen LogP) is 4.45. The Morgan fingerprint density at radius 3 is 2.61 bits per heavy atom. The summed E-state index contributed by atoms with van der Waals surface area (Å²) in [4.78, 5) is 18.8. The van der Waals surface area contributed by atoms with Gasteiger partial charge in [-0.15, -0.1) is 0 Å². The van der Waals surface area contributed by atoms with Crippen LogP contribution in [0.1, 0.15) is 55.7 Å². The van der Waals surface area contributed by atoms with Gasteiger partial charge in [0.15, 0.2) is 5.65 Å². The van der Waals surface area contributed by atoms with Crippen molar-refractivity contribution in [2.75, 3.05) is 31.2 Å². The van der Waals surface area contributed by atoms with Gasteiger partial charge in [-0.1, -0.05) is 13.8 Å². The molecule has 8 heteroatoms. The summed E-state index contributed by atoms with van der Waals surface area (Å²) < 4.78 is 7.49. The van der Waals surface area contributed by atoms with E-state index in [2.05, 4.69) is 70.9 Å². The summed E-state index contributed by atoms with van der Waals surface area (Å²) >= 11 is 0. The fourth-order valence-corrected chi connectivity index (χ4v) is 6.91. The van der Waals surface area contributed by atoms with Crippen LogP contribution in [0.4, 0.5) is 5.82 Å². The topological polar surface area (TPSA) is 74.6 Å². The zero-order valence-corrected chi connectivity index (χ0v) is 21.7. The van der Waals surface area contributed by atoms with Gasteiger partial charge in [-0.2, -0.15) is 5.10 Å². The van der Waals surface area contributed by atoms with Gasteiger partial charge >= 0.3 is 0 Å². The number of hydrogen-bond donors (Lipinski definition) is 1. The molecule has 2 bridgehead atoms. The highest BCUT2D eigenvalue weighted by atomic mass is 16.5. The average Bonchev–Trinajstić information content (AvgIpc) is 3.68. The summed E-state index contributed by atoms with van der Waals surface area (Å²) in [7, 11) is 0. The second kappa shape index (κ2) is 8.28. The van der Waals surface area contributed by atoms with Gasteiger partial charge in [0, 0.05) is 61.8 Å². The second-order valence-electron chi connectivity index (χ2n) is 11.2. The summed E-state index contributed by atoms with van der Waals surface area (Å²) in [6.45, 7) is 12.9. The Kier molecular flexibility index (Phi) is 5.12. The molecule has 0 aliphatic carbocycles. The van der Waals surface area contributed by atoms with Gasteiger partial charge in [-0.05, 0) is 62.3 Å². The highest BCUT2D eigenvalue weighted by Crippen LogP contribution is 2.40. The van der Waals surface area contributed by atoms with Crippen molar-refractivity contribution in [3.63, 3.8) is 0 Å². The maximum atomic E-state index is 5.61. The van der Waals surface area contributed by atoms with Gasteiger partial charge in [0.25, 0.3) is 0 Å². The first kappa shape index (κ1) is 22.2. The number of nitrogens with one attached hydrogen (secondary N) is 1. The van der Waals surface area contributed by atoms with Crippen LogP contribution in [0.3, 0.4) is 0 Å². The van der Waals surface area contributed by atoms with E-state index in [0.717, 1.165) is 60.1 Å². The number of H-pyrrole nitrogens is 1. The minimum Gasteiger partial charge on any atom is -0.381 e. The fourth-order valence-electron chi connectivity index (χ4n) is 6.91. The maximum absolute atomic E-state index is 5.61. The molecule has 2 atom stereocenters. The highest BCUT2D eigenvalue weighted by Gasteiger charge is 2.46. The normalized spacial score (nSPS) is 23.2. The highest BCUT2D eigenvalue weighted by molar-refractivity contribution is 5.90. The van der Waals surface area contributed by atoms with E-state index in [4.69, 9.17) is 9.72 Å². The standard InChI is InChI=1S/C28H35N7O/c1-16(2)25-26(22-14-35-28(29-15-30-35)18(4)17(22)3)31-23-5-6-24(32-27(23)25)34-13-20-11-21(34)12-33(20)19-7-9-36-10-8-19/h5-6,14-16,19-21,31H,7-13H2,1-4H3/t20-,21-/m0/s1. The largest absolute Gasteiger partial charge is 0.381 e. The van der Waals surface area contributed by atoms with Crippen LogP contribution in [0.5, 0.6) is 0 Å². The molecule has 3 aliphatic heterocycles. The molecule has 0 radical (unpaired) electrons. The molecule has 3 aliphatic rings. The van der Waals surface area contributed by atoms with Gasteiger partial charge in [0.1, 0.15) is 12.1 Å². The first-order valence-corrected chi connectivity index (χ1v) is 13.4. The molecule has 0 unspecified atom stereocenters. The molecule has 7 heterocycles. The van der Waals surface area contributed by atoms with Gasteiger partial charge in [0.05, 0.1) is 16.7 Å². The van der Waals surface area contributed by atoms with E-state index in [1.54, 1.807) is 6.33 Å². The van der Waals surface area contributed by atoms with Gasteiger partial charge in [0.2, 0.25) is 0 Å². The maximum Gasteiger partial charge on any atom is 0.158 e. The Morgan fingerprint density at radius 2 is 1.86 bits per heavy atom. The quantitative estimate of drug-likeness (QED) is 0.460. The molecule has 0 saturated carbocycles. The van der Waals surface area contributed by atoms with Crippen molar-refractivity contribution in [2.24, 2.45) is 0 Å². The minimum atomic E-state index is 0.335. The summed E-state index contributed by atoms with van der Waals surface area (Å²) in [6.07, 6.45) is 7.34. The van der Waals surface area contributed by atoms with Crippen LogP contribution in [0.25, 0.3) is 27.9 Å². The third kappa shape index (κ3) is 3.30. The van der Waals surface area contributed by atoms with Crippen molar-refractivity contribution < 1.29 is 4.74 Å². The smallest absolute Gasteiger partial charge is 0.158 e. The molecule has 8 nitrogen and oxygen atoms in total. The van der Waals surface area contributed by atoms with Crippen molar-refractivity contribution in [1.82, 2.24) is 29.5 Å². The fraction of sp³-hybridized carbons (Fsp3) is 0.536. The first-order chi connectivity index (χ1) is 17.5. The number of hydrogen-bond acceptors (Lipinski definition) is 6. The SMILES string of the molecule is Cc1c(-c2[nH]c3ccc(N4C[C@@H]5C[C@H]4CN5C4CCOCC4)nc3c2C(C)C)cn2ncnc2c1C. The van der Waals surface area contributed by atoms with Crippen LogP contribution in [0.15, 0.2) is 24.7 Å². The number of pyridine rings is 2. The van der Waals surface area contributed by atoms with Crippen LogP contribution < -0.4 is 4.90 Å². The van der Waals surface area contributed by atoms with Crippen molar-refractivity contribution in [3.8, 4) is 11.3 Å². The Balaban J connectivity index is 1.25. The lowest BCUT2D eigenvalue weighted by molar-refractivity contribution is 0.0271. The van der Waals surface area contributed by atoms with Crippen LogP contribution in [0, 0.1) is 13.8 Å². The number of aromatic amines is 1. The average molecular weight is 486 g/mol. The van der Waals surface area contributed by atoms with E-state index < -0.39 is 0 Å². The number of likely N-dealkylation sites (tertiary alicyclic amines) is 1. The van der Waals surface area contributed by atoms with Crippen molar-refractivity contribution in [3.05, 3.63) is 41.3 Å². The zero-order chi connectivity index (χ0) is 24.6. The molecule has 36 heavy (non-hydrogen) atoms. The number of piperazine rings is 1. The van der Waals surface area contributed by atoms with Gasteiger partial charge in [-0.25, -0.2) is 14.5 Å². The molecule has 0 amide bonds.